The van der Waals surface area contributed by atoms with Crippen molar-refractivity contribution >= 4 is 5.78 Å². The van der Waals surface area contributed by atoms with Gasteiger partial charge in [0.15, 0.2) is 5.78 Å². The monoisotopic (exact) mass is 226 g/mol. The maximum absolute atomic E-state index is 11.4. The Bertz CT molecular complexity index is 446. The molecule has 88 valence electrons. The zero-order valence-electron chi connectivity index (χ0n) is 9.44. The van der Waals surface area contributed by atoms with Crippen LogP contribution in [0.4, 0.5) is 0 Å². The van der Waals surface area contributed by atoms with Crippen LogP contribution in [-0.2, 0) is 4.79 Å². The summed E-state index contributed by atoms with van der Waals surface area (Å²) in [5, 5.41) is 9.78. The highest BCUT2D eigenvalue weighted by molar-refractivity contribution is 5.84. The van der Waals surface area contributed by atoms with Crippen molar-refractivity contribution < 1.29 is 19.1 Å². The van der Waals surface area contributed by atoms with Crippen molar-refractivity contribution in [3.05, 3.63) is 27.8 Å². The highest BCUT2D eigenvalue weighted by Gasteiger charge is 2.23. The van der Waals surface area contributed by atoms with Crippen molar-refractivity contribution in [2.75, 3.05) is 7.11 Å². The molecule has 1 heterocycles. The summed E-state index contributed by atoms with van der Waals surface area (Å²) in [6.45, 7) is 3.15. The largest absolute Gasteiger partial charge is 0.496 e. The first-order chi connectivity index (χ1) is 7.51. The van der Waals surface area contributed by atoms with Crippen LogP contribution in [0.25, 0.3) is 0 Å². The molecule has 1 unspecified atom stereocenters. The van der Waals surface area contributed by atoms with E-state index in [0.29, 0.717) is 0 Å². The molecule has 0 spiro atoms. The van der Waals surface area contributed by atoms with Gasteiger partial charge in [0.25, 0.3) is 0 Å². The number of aryl methyl sites for hydroxylation is 1. The van der Waals surface area contributed by atoms with Gasteiger partial charge in [-0.05, 0) is 6.92 Å². The summed E-state index contributed by atoms with van der Waals surface area (Å²) in [6, 6.07) is 1.11. The van der Waals surface area contributed by atoms with E-state index in [-0.39, 0.29) is 29.3 Å². The molecule has 0 saturated carbocycles. The van der Waals surface area contributed by atoms with Gasteiger partial charge in [0.1, 0.15) is 17.6 Å². The number of hydrogen-bond acceptors (Lipinski definition) is 5. The molecule has 1 N–H and O–H groups in total. The lowest BCUT2D eigenvalue weighted by Crippen LogP contribution is -2.15. The highest BCUT2D eigenvalue weighted by atomic mass is 16.5. The van der Waals surface area contributed by atoms with Gasteiger partial charge in [-0.1, -0.05) is 6.92 Å². The molecular weight excluding hydrogens is 212 g/mol. The molecule has 0 aromatic carbocycles. The molecule has 0 aliphatic rings. The van der Waals surface area contributed by atoms with E-state index in [1.54, 1.807) is 6.92 Å². The summed E-state index contributed by atoms with van der Waals surface area (Å²) in [5.41, 5.74) is -0.358. The number of Topliss-reactive ketones (excluding diaryl/α,β-unsaturated/α-hetero) is 1. The predicted molar refractivity (Wildman–Crippen MR) is 56.5 cm³/mol. The first-order valence-electron chi connectivity index (χ1n) is 4.90. The van der Waals surface area contributed by atoms with Gasteiger partial charge < -0.3 is 14.3 Å². The smallest absolute Gasteiger partial charge is 0.339 e. The van der Waals surface area contributed by atoms with Gasteiger partial charge in [0, 0.05) is 6.42 Å². The number of aliphatic hydroxyl groups is 1. The Hall–Kier alpha value is -1.62. The van der Waals surface area contributed by atoms with E-state index < -0.39 is 11.7 Å². The number of ether oxygens (including phenoxy) is 1. The van der Waals surface area contributed by atoms with Gasteiger partial charge in [-0.15, -0.1) is 0 Å². The van der Waals surface area contributed by atoms with E-state index in [2.05, 4.69) is 0 Å². The summed E-state index contributed by atoms with van der Waals surface area (Å²) < 4.78 is 9.77. The van der Waals surface area contributed by atoms with E-state index in [0.717, 1.165) is 6.07 Å². The third-order valence-corrected chi connectivity index (χ3v) is 2.29. The third kappa shape index (κ3) is 2.30. The van der Waals surface area contributed by atoms with Gasteiger partial charge in [-0.25, -0.2) is 4.79 Å². The predicted octanol–water partition coefficient (Wildman–Crippen LogP) is 0.969. The van der Waals surface area contributed by atoms with Crippen molar-refractivity contribution in [3.63, 3.8) is 0 Å². The van der Waals surface area contributed by atoms with Crippen molar-refractivity contribution in [1.82, 2.24) is 0 Å². The Balaban J connectivity index is 3.31. The van der Waals surface area contributed by atoms with Crippen molar-refractivity contribution in [3.8, 4) is 5.75 Å². The molecule has 0 aliphatic carbocycles. The van der Waals surface area contributed by atoms with E-state index in [4.69, 9.17) is 9.15 Å². The number of carbonyl (C=O) groups is 1. The van der Waals surface area contributed by atoms with Crippen LogP contribution in [0.15, 0.2) is 15.3 Å². The summed E-state index contributed by atoms with van der Waals surface area (Å²) >= 11 is 0. The van der Waals surface area contributed by atoms with Crippen LogP contribution < -0.4 is 10.4 Å². The second-order valence-corrected chi connectivity index (χ2v) is 3.33. The zero-order valence-corrected chi connectivity index (χ0v) is 9.44. The number of ketones is 1. The first-order valence-corrected chi connectivity index (χ1v) is 4.90. The van der Waals surface area contributed by atoms with Gasteiger partial charge in [0.2, 0.25) is 0 Å². The standard InChI is InChI=1S/C11H14O5/c1-4-7(12)11(14)10-6(2)16-9(13)5-8(10)15-3/h5,11,14H,4H2,1-3H3. The summed E-state index contributed by atoms with van der Waals surface area (Å²) in [5.74, 6) is 0.0111. The fourth-order valence-electron chi connectivity index (χ4n) is 1.44. The van der Waals surface area contributed by atoms with Crippen LogP contribution in [0, 0.1) is 6.92 Å². The van der Waals surface area contributed by atoms with Crippen molar-refractivity contribution in [2.45, 2.75) is 26.4 Å². The molecule has 1 aromatic heterocycles. The SMILES string of the molecule is CCC(=O)C(O)c1c(OC)cc(=O)oc1C. The number of methoxy groups -OCH3 is 1. The molecule has 1 rings (SSSR count). The maximum atomic E-state index is 11.4. The lowest BCUT2D eigenvalue weighted by molar-refractivity contribution is -0.127. The molecule has 1 aromatic rings. The third-order valence-electron chi connectivity index (χ3n) is 2.29. The number of rotatable bonds is 4. The number of carbonyl (C=O) groups excluding carboxylic acids is 1. The fourth-order valence-corrected chi connectivity index (χ4v) is 1.44. The molecule has 0 bridgehead atoms. The lowest BCUT2D eigenvalue weighted by atomic mass is 10.0. The van der Waals surface area contributed by atoms with Crippen LogP contribution in [0.5, 0.6) is 5.75 Å². The topological polar surface area (TPSA) is 76.7 Å². The molecule has 0 amide bonds. The van der Waals surface area contributed by atoms with Gasteiger partial charge in [0.05, 0.1) is 18.7 Å². The molecule has 5 nitrogen and oxygen atoms in total. The second kappa shape index (κ2) is 4.94. The summed E-state index contributed by atoms with van der Waals surface area (Å²) in [7, 11) is 1.36. The highest BCUT2D eigenvalue weighted by Crippen LogP contribution is 2.27. The molecule has 5 heteroatoms. The second-order valence-electron chi connectivity index (χ2n) is 3.33. The maximum Gasteiger partial charge on any atom is 0.339 e. The van der Waals surface area contributed by atoms with Crippen LogP contribution >= 0.6 is 0 Å². The molecule has 0 aliphatic heterocycles. The summed E-state index contributed by atoms with van der Waals surface area (Å²) in [6.07, 6.45) is -1.12. The Morgan fingerprint density at radius 3 is 2.75 bits per heavy atom. The van der Waals surface area contributed by atoms with E-state index in [1.807, 2.05) is 0 Å². The minimum absolute atomic E-state index is 0.169. The lowest BCUT2D eigenvalue weighted by Gasteiger charge is -2.14. The molecule has 0 saturated heterocycles. The molecule has 0 radical (unpaired) electrons. The fraction of sp³-hybridized carbons (Fsp3) is 0.455. The minimum atomic E-state index is -1.32. The van der Waals surface area contributed by atoms with E-state index >= 15 is 0 Å². The van der Waals surface area contributed by atoms with Crippen LogP contribution in [0.2, 0.25) is 0 Å². The Kier molecular flexibility index (Phi) is 3.84. The Morgan fingerprint density at radius 1 is 1.62 bits per heavy atom. The van der Waals surface area contributed by atoms with E-state index in [1.165, 1.54) is 14.0 Å². The van der Waals surface area contributed by atoms with Crippen molar-refractivity contribution in [2.24, 2.45) is 0 Å². The Labute approximate surface area is 92.7 Å². The average molecular weight is 226 g/mol. The normalized spacial score (nSPS) is 12.2. The molecule has 16 heavy (non-hydrogen) atoms. The van der Waals surface area contributed by atoms with Crippen molar-refractivity contribution in [1.29, 1.82) is 0 Å². The average Bonchev–Trinajstić information content (AvgIpc) is 2.26. The van der Waals surface area contributed by atoms with Gasteiger partial charge >= 0.3 is 5.63 Å². The molecular formula is C11H14O5. The van der Waals surface area contributed by atoms with Crippen LogP contribution in [0.3, 0.4) is 0 Å². The quantitative estimate of drug-likeness (QED) is 0.827. The zero-order chi connectivity index (χ0) is 12.3. The molecule has 0 fully saturated rings. The van der Waals surface area contributed by atoms with Crippen LogP contribution in [-0.4, -0.2) is 18.0 Å². The number of aliphatic hydroxyl groups excluding tert-OH is 1. The van der Waals surface area contributed by atoms with Crippen LogP contribution in [0.1, 0.15) is 30.8 Å². The summed E-state index contributed by atoms with van der Waals surface area (Å²) in [4.78, 5) is 22.5. The number of hydrogen-bond donors (Lipinski definition) is 1. The first kappa shape index (κ1) is 12.4. The van der Waals surface area contributed by atoms with Gasteiger partial charge in [-0.3, -0.25) is 4.79 Å². The van der Waals surface area contributed by atoms with E-state index in [9.17, 15) is 14.7 Å². The minimum Gasteiger partial charge on any atom is -0.496 e. The van der Waals surface area contributed by atoms with Gasteiger partial charge in [-0.2, -0.15) is 0 Å². The Morgan fingerprint density at radius 2 is 2.25 bits per heavy atom. The molecule has 1 atom stereocenters.